The number of aliphatic hydroxyl groups excluding tert-OH is 2. The van der Waals surface area contributed by atoms with Crippen LogP contribution >= 0.6 is 0 Å². The number of nitrogens with zero attached hydrogens (tertiary/aromatic N) is 7. The summed E-state index contributed by atoms with van der Waals surface area (Å²) in [5, 5.41) is 22.5. The lowest BCUT2D eigenvalue weighted by atomic mass is 10.2. The highest BCUT2D eigenvalue weighted by molar-refractivity contribution is 5.77. The molecule has 0 spiro atoms. The molecule has 2 aromatic rings. The number of anilines is 1. The van der Waals surface area contributed by atoms with Gasteiger partial charge in [-0.15, -0.1) is 0 Å². The van der Waals surface area contributed by atoms with Gasteiger partial charge >= 0.3 is 0 Å². The summed E-state index contributed by atoms with van der Waals surface area (Å²) in [7, 11) is 1.42. The molecule has 0 aliphatic rings. The molecule has 24 heavy (non-hydrogen) atoms. The van der Waals surface area contributed by atoms with Crippen molar-refractivity contribution >= 4 is 17.1 Å². The van der Waals surface area contributed by atoms with Crippen molar-refractivity contribution in [2.45, 2.75) is 25.4 Å². The predicted molar refractivity (Wildman–Crippen MR) is 83.0 cm³/mol. The second-order valence-electron chi connectivity index (χ2n) is 4.88. The minimum atomic E-state index is -0.937. The van der Waals surface area contributed by atoms with Gasteiger partial charge in [0, 0.05) is 4.91 Å². The first-order chi connectivity index (χ1) is 11.5. The Kier molecular flexibility index (Phi) is 5.71. The van der Waals surface area contributed by atoms with Crippen molar-refractivity contribution in [2.75, 3.05) is 26.0 Å². The number of azide groups is 1. The number of hydrogen-bond acceptors (Lipinski definition) is 9. The number of nitrogen functional groups attached to an aromatic ring is 1. The van der Waals surface area contributed by atoms with E-state index in [9.17, 15) is 10.2 Å². The maximum atomic E-state index is 9.64. The Hall–Kier alpha value is -2.66. The van der Waals surface area contributed by atoms with Crippen LogP contribution in [-0.4, -0.2) is 62.2 Å². The fourth-order valence-electron chi connectivity index (χ4n) is 2.07. The number of aliphatic hydroxyl groups is 2. The molecule has 12 heteroatoms. The van der Waals surface area contributed by atoms with Crippen LogP contribution in [0.1, 0.15) is 13.2 Å². The first-order valence-electron chi connectivity index (χ1n) is 7.01. The molecule has 0 saturated carbocycles. The molecule has 0 aromatic carbocycles. The van der Waals surface area contributed by atoms with Gasteiger partial charge in [-0.25, -0.2) is 4.98 Å². The van der Waals surface area contributed by atoms with Crippen molar-refractivity contribution in [1.82, 2.24) is 19.5 Å². The third-order valence-electron chi connectivity index (χ3n) is 3.26. The number of ether oxygens (including phenoxy) is 2. The van der Waals surface area contributed by atoms with Gasteiger partial charge in [0.1, 0.15) is 12.3 Å². The molecule has 0 fully saturated rings. The first kappa shape index (κ1) is 17.7. The van der Waals surface area contributed by atoms with Crippen LogP contribution in [0.3, 0.4) is 0 Å². The number of imidazole rings is 1. The van der Waals surface area contributed by atoms with Gasteiger partial charge in [-0.2, -0.15) is 9.97 Å². The molecule has 3 atom stereocenters. The van der Waals surface area contributed by atoms with Crippen LogP contribution in [0.25, 0.3) is 21.6 Å². The van der Waals surface area contributed by atoms with Crippen molar-refractivity contribution in [3.05, 3.63) is 16.8 Å². The molecule has 0 bridgehead atoms. The topological polar surface area (TPSA) is 177 Å². The Morgan fingerprint density at radius 3 is 2.83 bits per heavy atom. The Bertz CT molecular complexity index is 742. The fourth-order valence-corrected chi connectivity index (χ4v) is 2.07. The van der Waals surface area contributed by atoms with Crippen LogP contribution in [-0.2, 0) is 4.74 Å². The highest BCUT2D eigenvalue weighted by Crippen LogP contribution is 2.25. The van der Waals surface area contributed by atoms with Gasteiger partial charge in [-0.3, -0.25) is 4.57 Å². The van der Waals surface area contributed by atoms with Crippen LogP contribution in [0.2, 0.25) is 0 Å². The van der Waals surface area contributed by atoms with E-state index in [-0.39, 0.29) is 18.4 Å². The maximum Gasteiger partial charge on any atom is 0.246 e. The van der Waals surface area contributed by atoms with Crippen LogP contribution in [0.15, 0.2) is 11.4 Å². The first-order valence-corrected chi connectivity index (χ1v) is 7.01. The van der Waals surface area contributed by atoms with Gasteiger partial charge in [0.15, 0.2) is 11.2 Å². The average Bonchev–Trinajstić information content (AvgIpc) is 2.97. The van der Waals surface area contributed by atoms with E-state index in [2.05, 4.69) is 25.0 Å². The third kappa shape index (κ3) is 3.63. The van der Waals surface area contributed by atoms with Crippen LogP contribution in [0.4, 0.5) is 5.95 Å². The summed E-state index contributed by atoms with van der Waals surface area (Å²) in [6.07, 6.45) is -1.29. The summed E-state index contributed by atoms with van der Waals surface area (Å²) in [6.45, 7) is 0.940. The molecule has 130 valence electrons. The van der Waals surface area contributed by atoms with Gasteiger partial charge in [0.05, 0.1) is 32.7 Å². The smallest absolute Gasteiger partial charge is 0.246 e. The Morgan fingerprint density at radius 1 is 1.50 bits per heavy atom. The summed E-state index contributed by atoms with van der Waals surface area (Å²) in [5.41, 5.74) is 14.9. The standard InChI is InChI=1S/C12H18N8O4/c1-6(22)7(4-21)24-8(3-16-19-14)20-5-15-9-10(20)17-12(13)18-11(9)23-2/h5-8,21-22H,3-4H2,1-2H3,(H2,13,17,18)/t6?,7-,8-/m1/s1. The summed E-state index contributed by atoms with van der Waals surface area (Å²) >= 11 is 0. The van der Waals surface area contributed by atoms with E-state index in [1.54, 1.807) is 0 Å². The number of aromatic nitrogens is 4. The van der Waals surface area contributed by atoms with Gasteiger partial charge in [0.2, 0.25) is 11.8 Å². The van der Waals surface area contributed by atoms with E-state index in [1.165, 1.54) is 24.9 Å². The van der Waals surface area contributed by atoms with E-state index in [4.69, 9.17) is 20.7 Å². The number of rotatable bonds is 8. The van der Waals surface area contributed by atoms with Crippen LogP contribution in [0, 0.1) is 0 Å². The Morgan fingerprint density at radius 2 is 2.25 bits per heavy atom. The summed E-state index contributed by atoms with van der Waals surface area (Å²) in [5.74, 6) is 0.158. The average molecular weight is 338 g/mol. The number of hydrogen-bond donors (Lipinski definition) is 3. The summed E-state index contributed by atoms with van der Waals surface area (Å²) in [6, 6.07) is 0. The fraction of sp³-hybridized carbons (Fsp3) is 0.583. The lowest BCUT2D eigenvalue weighted by Crippen LogP contribution is -2.34. The van der Waals surface area contributed by atoms with Crippen molar-refractivity contribution in [3.63, 3.8) is 0 Å². The second-order valence-corrected chi connectivity index (χ2v) is 4.88. The monoisotopic (exact) mass is 338 g/mol. The minimum Gasteiger partial charge on any atom is -0.479 e. The van der Waals surface area contributed by atoms with Crippen molar-refractivity contribution in [3.8, 4) is 5.88 Å². The van der Waals surface area contributed by atoms with E-state index >= 15 is 0 Å². The zero-order chi connectivity index (χ0) is 17.7. The molecular weight excluding hydrogens is 320 g/mol. The molecule has 2 heterocycles. The molecule has 0 aliphatic carbocycles. The van der Waals surface area contributed by atoms with E-state index in [0.29, 0.717) is 11.2 Å². The lowest BCUT2D eigenvalue weighted by molar-refractivity contribution is -0.113. The van der Waals surface area contributed by atoms with Gasteiger partial charge < -0.3 is 25.4 Å². The lowest BCUT2D eigenvalue weighted by Gasteiger charge is -2.25. The normalized spacial score (nSPS) is 14.8. The van der Waals surface area contributed by atoms with Crippen LogP contribution in [0.5, 0.6) is 5.88 Å². The number of methoxy groups -OCH3 is 1. The van der Waals surface area contributed by atoms with Gasteiger partial charge in [-0.05, 0) is 12.5 Å². The highest BCUT2D eigenvalue weighted by atomic mass is 16.5. The zero-order valence-corrected chi connectivity index (χ0v) is 13.1. The van der Waals surface area contributed by atoms with Gasteiger partial charge in [-0.1, -0.05) is 5.11 Å². The number of fused-ring (bicyclic) bond motifs is 1. The van der Waals surface area contributed by atoms with E-state index in [0.717, 1.165) is 0 Å². The molecule has 0 aliphatic heterocycles. The molecule has 4 N–H and O–H groups in total. The van der Waals surface area contributed by atoms with Crippen molar-refractivity contribution < 1.29 is 19.7 Å². The van der Waals surface area contributed by atoms with E-state index in [1.807, 2.05) is 0 Å². The molecule has 0 amide bonds. The quantitative estimate of drug-likeness (QED) is 0.341. The molecule has 0 saturated heterocycles. The molecular formula is C12H18N8O4. The van der Waals surface area contributed by atoms with Crippen LogP contribution < -0.4 is 10.5 Å². The molecule has 0 radical (unpaired) electrons. The van der Waals surface area contributed by atoms with Crippen molar-refractivity contribution in [2.24, 2.45) is 5.11 Å². The molecule has 2 aromatic heterocycles. The molecule has 2 rings (SSSR count). The Balaban J connectivity index is 2.47. The highest BCUT2D eigenvalue weighted by Gasteiger charge is 2.24. The largest absolute Gasteiger partial charge is 0.479 e. The zero-order valence-electron chi connectivity index (χ0n) is 13.1. The SMILES string of the molecule is COc1nc(N)nc2c1ncn2[C@@H](CN=[N+]=[N-])O[C@H](CO)C(C)O. The maximum absolute atomic E-state index is 9.64. The second kappa shape index (κ2) is 7.75. The predicted octanol–water partition coefficient (Wildman–Crippen LogP) is -0.0157. The Labute approximate surface area is 136 Å². The van der Waals surface area contributed by atoms with Gasteiger partial charge in [0.25, 0.3) is 0 Å². The summed E-state index contributed by atoms with van der Waals surface area (Å²) in [4.78, 5) is 14.9. The van der Waals surface area contributed by atoms with E-state index < -0.39 is 25.0 Å². The molecule has 1 unspecified atom stereocenters. The minimum absolute atomic E-state index is 0.0298. The van der Waals surface area contributed by atoms with Crippen molar-refractivity contribution in [1.29, 1.82) is 0 Å². The number of nitrogens with two attached hydrogens (primary N) is 1. The third-order valence-corrected chi connectivity index (χ3v) is 3.26. The molecule has 12 nitrogen and oxygen atoms in total. The summed E-state index contributed by atoms with van der Waals surface area (Å²) < 4.78 is 12.2.